The molecule has 0 aliphatic rings. The van der Waals surface area contributed by atoms with Gasteiger partial charge in [-0.2, -0.15) is 0 Å². The minimum Gasteiger partial charge on any atom is -0.550 e. The molecule has 18 heteroatoms. The Morgan fingerprint density at radius 2 is 1.18 bits per heavy atom. The lowest BCUT2D eigenvalue weighted by atomic mass is 9.97. The normalized spacial score (nSPS) is 13.5. The number of hydrogen-bond donors (Lipinski definition) is 2. The number of aliphatic hydroxyl groups is 2. The van der Waals surface area contributed by atoms with Crippen LogP contribution in [0.15, 0.2) is 60.0 Å². The summed E-state index contributed by atoms with van der Waals surface area (Å²) in [5.41, 5.74) is 2.31. The number of halogens is 2. The Morgan fingerprint density at radius 3 is 1.59 bits per heavy atom. The van der Waals surface area contributed by atoms with Gasteiger partial charge in [-0.1, -0.05) is 39.8 Å². The average molecular weight is 814 g/mol. The molecule has 0 radical (unpaired) electrons. The lowest BCUT2D eigenvalue weighted by molar-refractivity contribution is -0.307. The molecule has 300 valence electrons. The molecule has 0 aliphatic carbocycles. The maximum Gasteiger partial charge on any atom is 0.259 e. The fourth-order valence-corrected chi connectivity index (χ4v) is 6.62. The highest BCUT2D eigenvalue weighted by molar-refractivity contribution is 7.95. The van der Waals surface area contributed by atoms with Crippen molar-refractivity contribution >= 4 is 50.1 Å². The molecule has 4 rings (SSSR count). The topological polar surface area (TPSA) is 207 Å². The number of carbonyl (C=O) groups is 1. The van der Waals surface area contributed by atoms with Gasteiger partial charge in [0.15, 0.2) is 0 Å². The molecule has 4 aromatic rings. The first kappa shape index (κ1) is 43.6. The van der Waals surface area contributed by atoms with Gasteiger partial charge in [-0.3, -0.25) is 0 Å². The number of sulfonamides is 2. The van der Waals surface area contributed by atoms with Crippen molar-refractivity contribution in [3.63, 3.8) is 0 Å². The van der Waals surface area contributed by atoms with Gasteiger partial charge in [0, 0.05) is 55.2 Å². The van der Waals surface area contributed by atoms with E-state index in [1.54, 1.807) is 27.7 Å². The number of nitrogens with zero attached hydrogens (tertiary/aromatic N) is 6. The van der Waals surface area contributed by atoms with Crippen molar-refractivity contribution in [3.8, 4) is 22.5 Å². The summed E-state index contributed by atoms with van der Waals surface area (Å²) in [6.45, 7) is 7.15. The Balaban J connectivity index is 1.87. The standard InChI is InChI=1S/C38H44F2N6O8S2/c1-22(2)33-30(17-16-28(47)20-29(48)21-32(49)50)35(24-8-12-26(39)13-9-24)44-38(42-33)46(6)56(53,54)19-18-31-34(23(3)4)41-37(45(5)55(7,51)52)43-36(31)25-10-14-27(40)15-11-25/h8-19,22-23,28-29,47-48H,20-21H2,1-7H3,(H,49,50)/p-1/b17-16+,19-18+/t28-,29-/m1/s1. The minimum atomic E-state index is -4.41. The number of benzene rings is 2. The van der Waals surface area contributed by atoms with Gasteiger partial charge in [0.25, 0.3) is 10.0 Å². The molecule has 0 unspecified atom stereocenters. The largest absolute Gasteiger partial charge is 0.550 e. The minimum absolute atomic E-state index is 0.144. The van der Waals surface area contributed by atoms with Gasteiger partial charge < -0.3 is 20.1 Å². The molecule has 2 atom stereocenters. The van der Waals surface area contributed by atoms with E-state index in [4.69, 9.17) is 0 Å². The molecule has 0 bridgehead atoms. The molecule has 2 aromatic carbocycles. The summed E-state index contributed by atoms with van der Waals surface area (Å²) in [7, 11) is -5.71. The summed E-state index contributed by atoms with van der Waals surface area (Å²) in [5.74, 6) is -3.70. The number of carboxylic acid groups (broad SMARTS) is 1. The fraction of sp³-hybridized carbons (Fsp3) is 0.342. The molecule has 0 aliphatic heterocycles. The number of aliphatic carboxylic acids is 1. The van der Waals surface area contributed by atoms with Gasteiger partial charge in [0.05, 0.1) is 46.6 Å². The lowest BCUT2D eigenvalue weighted by Crippen LogP contribution is -2.29. The first-order valence-corrected chi connectivity index (χ1v) is 20.6. The number of hydrogen-bond acceptors (Lipinski definition) is 12. The van der Waals surface area contributed by atoms with E-state index in [2.05, 4.69) is 19.9 Å². The summed E-state index contributed by atoms with van der Waals surface area (Å²) in [4.78, 5) is 29.0. The number of rotatable bonds is 16. The van der Waals surface area contributed by atoms with Gasteiger partial charge in [-0.05, 0) is 66.4 Å². The van der Waals surface area contributed by atoms with Crippen molar-refractivity contribution in [2.45, 2.75) is 64.6 Å². The van der Waals surface area contributed by atoms with Gasteiger partial charge in [-0.25, -0.2) is 54.2 Å². The molecule has 0 saturated heterocycles. The molecule has 0 amide bonds. The zero-order valence-corrected chi connectivity index (χ0v) is 33.4. The zero-order valence-electron chi connectivity index (χ0n) is 31.8. The van der Waals surface area contributed by atoms with E-state index in [0.29, 0.717) is 28.1 Å². The van der Waals surface area contributed by atoms with Crippen LogP contribution < -0.4 is 13.7 Å². The zero-order chi connectivity index (χ0) is 41.7. The van der Waals surface area contributed by atoms with Crippen LogP contribution in [0.5, 0.6) is 0 Å². The summed E-state index contributed by atoms with van der Waals surface area (Å²) in [5, 5.41) is 32.3. The Morgan fingerprint density at radius 1 is 0.750 bits per heavy atom. The van der Waals surface area contributed by atoms with Crippen LogP contribution in [0, 0.1) is 11.6 Å². The van der Waals surface area contributed by atoms with E-state index >= 15 is 0 Å². The molecule has 0 spiro atoms. The second-order valence-electron chi connectivity index (χ2n) is 13.6. The van der Waals surface area contributed by atoms with E-state index in [0.717, 1.165) is 20.3 Å². The third-order valence-electron chi connectivity index (χ3n) is 8.51. The molecule has 2 N–H and O–H groups in total. The molecule has 2 aromatic heterocycles. The number of aliphatic hydroxyl groups excluding tert-OH is 2. The van der Waals surface area contributed by atoms with E-state index < -0.39 is 56.3 Å². The SMILES string of the molecule is CC(C)c1nc(N(C)S(C)(=O)=O)nc(-c2ccc(F)cc2)c1/C=C/S(=O)(=O)N(C)c1nc(-c2ccc(F)cc2)c(/C=C/[C@@H](O)C[C@@H](O)CC(=O)[O-])c(C(C)C)n1. The summed E-state index contributed by atoms with van der Waals surface area (Å²) >= 11 is 0. The van der Waals surface area contributed by atoms with E-state index in [-0.39, 0.29) is 47.1 Å². The fourth-order valence-electron chi connectivity index (χ4n) is 5.44. The van der Waals surface area contributed by atoms with E-state index in [1.165, 1.54) is 80.9 Å². The molecular weight excluding hydrogens is 771 g/mol. The van der Waals surface area contributed by atoms with Crippen molar-refractivity contribution in [2.75, 3.05) is 29.0 Å². The van der Waals surface area contributed by atoms with Crippen LogP contribution in [-0.4, -0.2) is 85.5 Å². The Labute approximate surface area is 325 Å². The average Bonchev–Trinajstić information content (AvgIpc) is 3.11. The van der Waals surface area contributed by atoms with Crippen LogP contribution in [0.1, 0.15) is 74.9 Å². The molecular formula is C38H43F2N6O8S2-. The molecule has 0 saturated carbocycles. The van der Waals surface area contributed by atoms with Crippen LogP contribution in [0.2, 0.25) is 0 Å². The van der Waals surface area contributed by atoms with Crippen LogP contribution in [0.25, 0.3) is 34.7 Å². The second-order valence-corrected chi connectivity index (χ2v) is 17.5. The third-order valence-corrected chi connectivity index (χ3v) is 11.1. The maximum absolute atomic E-state index is 14.1. The van der Waals surface area contributed by atoms with E-state index in [1.807, 2.05) is 0 Å². The summed E-state index contributed by atoms with van der Waals surface area (Å²) < 4.78 is 82.7. The highest BCUT2D eigenvalue weighted by Crippen LogP contribution is 2.34. The maximum atomic E-state index is 14.1. The van der Waals surface area contributed by atoms with Gasteiger partial charge in [0.1, 0.15) is 11.6 Å². The molecule has 14 nitrogen and oxygen atoms in total. The number of aromatic nitrogens is 4. The van der Waals surface area contributed by atoms with Crippen LogP contribution in [0.4, 0.5) is 20.7 Å². The van der Waals surface area contributed by atoms with Gasteiger partial charge in [-0.15, -0.1) is 0 Å². The first-order valence-electron chi connectivity index (χ1n) is 17.3. The van der Waals surface area contributed by atoms with Crippen molar-refractivity contribution in [3.05, 3.63) is 94.2 Å². The molecule has 0 fully saturated rings. The van der Waals surface area contributed by atoms with Crippen molar-refractivity contribution in [2.24, 2.45) is 0 Å². The highest BCUT2D eigenvalue weighted by Gasteiger charge is 2.26. The highest BCUT2D eigenvalue weighted by atomic mass is 32.2. The Kier molecular flexibility index (Phi) is 13.8. The Hall–Kier alpha value is -5.17. The summed E-state index contributed by atoms with van der Waals surface area (Å²) in [6, 6.07) is 10.5. The predicted octanol–water partition coefficient (Wildman–Crippen LogP) is 4.22. The number of carboxylic acids is 1. The third kappa shape index (κ3) is 10.8. The number of anilines is 2. The van der Waals surface area contributed by atoms with Gasteiger partial charge >= 0.3 is 0 Å². The summed E-state index contributed by atoms with van der Waals surface area (Å²) in [6.07, 6.45) is 1.36. The van der Waals surface area contributed by atoms with Crippen molar-refractivity contribution in [1.82, 2.24) is 19.9 Å². The number of carbonyl (C=O) groups excluding carboxylic acids is 1. The molecule has 2 heterocycles. The first-order chi connectivity index (χ1) is 26.1. The van der Waals surface area contributed by atoms with Crippen LogP contribution in [-0.2, 0) is 24.8 Å². The van der Waals surface area contributed by atoms with Crippen molar-refractivity contribution < 1.29 is 45.7 Å². The van der Waals surface area contributed by atoms with E-state index in [9.17, 15) is 45.7 Å². The quantitative estimate of drug-likeness (QED) is 0.163. The Bertz CT molecular complexity index is 2340. The smallest absolute Gasteiger partial charge is 0.259 e. The predicted molar refractivity (Wildman–Crippen MR) is 208 cm³/mol. The molecule has 56 heavy (non-hydrogen) atoms. The lowest BCUT2D eigenvalue weighted by Gasteiger charge is -2.22. The monoisotopic (exact) mass is 813 g/mol. The van der Waals surface area contributed by atoms with Gasteiger partial charge in [0.2, 0.25) is 21.9 Å². The van der Waals surface area contributed by atoms with Crippen molar-refractivity contribution in [1.29, 1.82) is 0 Å². The van der Waals surface area contributed by atoms with Crippen LogP contribution >= 0.6 is 0 Å². The van der Waals surface area contributed by atoms with Crippen LogP contribution in [0.3, 0.4) is 0 Å². The second kappa shape index (κ2) is 17.7.